The number of anilines is 1. The summed E-state index contributed by atoms with van der Waals surface area (Å²) in [6, 6.07) is 6.30. The molecule has 0 aromatic carbocycles. The Hall–Kier alpha value is -1.78. The first kappa shape index (κ1) is 12.7. The van der Waals surface area contributed by atoms with Crippen LogP contribution < -0.4 is 10.6 Å². The van der Waals surface area contributed by atoms with Gasteiger partial charge in [0.05, 0.1) is 0 Å². The molecule has 5 heteroatoms. The molecule has 0 aliphatic heterocycles. The van der Waals surface area contributed by atoms with Crippen molar-refractivity contribution in [3.8, 4) is 0 Å². The number of amides is 1. The van der Waals surface area contributed by atoms with E-state index in [4.69, 9.17) is 5.11 Å². The van der Waals surface area contributed by atoms with Gasteiger partial charge in [0.2, 0.25) is 0 Å². The standard InChI is InChI=1S/C13H19N3O2/c17-13(18)15-9-10-4-6-11(7-5-10)16-12-3-1-2-8-14-12/h1-3,8,10-11,15H,4-7,9H2,(H,14,16)(H,17,18). The summed E-state index contributed by atoms with van der Waals surface area (Å²) in [5.74, 6) is 1.40. The molecule has 0 spiro atoms. The topological polar surface area (TPSA) is 74.2 Å². The number of rotatable bonds is 4. The Morgan fingerprint density at radius 1 is 1.33 bits per heavy atom. The number of nitrogens with zero attached hydrogens (tertiary/aromatic N) is 1. The molecule has 1 aliphatic rings. The van der Waals surface area contributed by atoms with Crippen LogP contribution in [0.25, 0.3) is 0 Å². The minimum absolute atomic E-state index is 0.459. The molecule has 1 amide bonds. The number of aromatic nitrogens is 1. The molecule has 0 saturated heterocycles. The summed E-state index contributed by atoms with van der Waals surface area (Å²) in [6.45, 7) is 0.575. The van der Waals surface area contributed by atoms with Crippen molar-refractivity contribution in [1.29, 1.82) is 0 Å². The van der Waals surface area contributed by atoms with Crippen LogP contribution in [0.2, 0.25) is 0 Å². The maximum atomic E-state index is 10.4. The fourth-order valence-corrected chi connectivity index (χ4v) is 2.40. The van der Waals surface area contributed by atoms with Crippen molar-refractivity contribution in [2.75, 3.05) is 11.9 Å². The third kappa shape index (κ3) is 3.91. The van der Waals surface area contributed by atoms with Gasteiger partial charge in [0, 0.05) is 18.8 Å². The number of carboxylic acid groups (broad SMARTS) is 1. The van der Waals surface area contributed by atoms with Gasteiger partial charge in [0.1, 0.15) is 5.82 Å². The Kier molecular flexibility index (Phi) is 4.39. The highest BCUT2D eigenvalue weighted by Gasteiger charge is 2.21. The van der Waals surface area contributed by atoms with Crippen molar-refractivity contribution < 1.29 is 9.90 Å². The highest BCUT2D eigenvalue weighted by Crippen LogP contribution is 2.25. The van der Waals surface area contributed by atoms with Crippen LogP contribution in [-0.4, -0.2) is 28.8 Å². The molecular weight excluding hydrogens is 230 g/mol. The predicted octanol–water partition coefficient (Wildman–Crippen LogP) is 2.32. The van der Waals surface area contributed by atoms with Crippen LogP contribution in [0, 0.1) is 5.92 Å². The number of pyridine rings is 1. The van der Waals surface area contributed by atoms with E-state index in [0.29, 0.717) is 18.5 Å². The lowest BCUT2D eigenvalue weighted by Crippen LogP contribution is -2.33. The average molecular weight is 249 g/mol. The summed E-state index contributed by atoms with van der Waals surface area (Å²) in [5.41, 5.74) is 0. The lowest BCUT2D eigenvalue weighted by molar-refractivity contribution is 0.190. The molecule has 1 fully saturated rings. The Labute approximate surface area is 107 Å². The zero-order chi connectivity index (χ0) is 12.8. The van der Waals surface area contributed by atoms with E-state index in [1.807, 2.05) is 18.2 Å². The molecular formula is C13H19N3O2. The van der Waals surface area contributed by atoms with Gasteiger partial charge in [-0.3, -0.25) is 0 Å². The summed E-state index contributed by atoms with van der Waals surface area (Å²) >= 11 is 0. The Balaban J connectivity index is 1.72. The third-order valence-corrected chi connectivity index (χ3v) is 3.41. The molecule has 3 N–H and O–H groups in total. The van der Waals surface area contributed by atoms with Crippen LogP contribution in [-0.2, 0) is 0 Å². The van der Waals surface area contributed by atoms with Gasteiger partial charge in [-0.1, -0.05) is 6.07 Å². The smallest absolute Gasteiger partial charge is 0.404 e. The van der Waals surface area contributed by atoms with Gasteiger partial charge in [0.25, 0.3) is 0 Å². The van der Waals surface area contributed by atoms with Crippen LogP contribution in [0.4, 0.5) is 10.6 Å². The van der Waals surface area contributed by atoms with E-state index in [9.17, 15) is 4.79 Å². The highest BCUT2D eigenvalue weighted by molar-refractivity contribution is 5.64. The van der Waals surface area contributed by atoms with E-state index < -0.39 is 6.09 Å². The molecule has 1 aromatic heterocycles. The summed E-state index contributed by atoms with van der Waals surface area (Å²) in [4.78, 5) is 14.7. The minimum atomic E-state index is -0.927. The SMILES string of the molecule is O=C(O)NCC1CCC(Nc2ccccn2)CC1. The maximum Gasteiger partial charge on any atom is 0.404 e. The van der Waals surface area contributed by atoms with E-state index in [-0.39, 0.29) is 0 Å². The molecule has 98 valence electrons. The number of carbonyl (C=O) groups is 1. The number of hydrogen-bond acceptors (Lipinski definition) is 3. The molecule has 0 unspecified atom stereocenters. The molecule has 0 radical (unpaired) electrons. The van der Waals surface area contributed by atoms with E-state index in [1.165, 1.54) is 0 Å². The zero-order valence-electron chi connectivity index (χ0n) is 10.3. The molecule has 18 heavy (non-hydrogen) atoms. The first-order valence-electron chi connectivity index (χ1n) is 6.38. The third-order valence-electron chi connectivity index (χ3n) is 3.41. The predicted molar refractivity (Wildman–Crippen MR) is 69.6 cm³/mol. The monoisotopic (exact) mass is 249 g/mol. The van der Waals surface area contributed by atoms with Crippen LogP contribution in [0.3, 0.4) is 0 Å². The second kappa shape index (κ2) is 6.23. The fourth-order valence-electron chi connectivity index (χ4n) is 2.40. The summed E-state index contributed by atoms with van der Waals surface area (Å²) in [6.07, 6.45) is 5.12. The van der Waals surface area contributed by atoms with E-state index >= 15 is 0 Å². The Morgan fingerprint density at radius 2 is 2.11 bits per heavy atom. The molecule has 0 atom stereocenters. The highest BCUT2D eigenvalue weighted by atomic mass is 16.4. The Morgan fingerprint density at radius 3 is 2.72 bits per heavy atom. The van der Waals surface area contributed by atoms with E-state index in [0.717, 1.165) is 31.5 Å². The zero-order valence-corrected chi connectivity index (χ0v) is 10.3. The molecule has 0 bridgehead atoms. The van der Waals surface area contributed by atoms with Gasteiger partial charge in [-0.2, -0.15) is 0 Å². The largest absolute Gasteiger partial charge is 0.465 e. The lowest BCUT2D eigenvalue weighted by Gasteiger charge is -2.29. The van der Waals surface area contributed by atoms with Crippen molar-refractivity contribution in [3.05, 3.63) is 24.4 Å². The van der Waals surface area contributed by atoms with Crippen molar-refractivity contribution >= 4 is 11.9 Å². The van der Waals surface area contributed by atoms with Gasteiger partial charge in [-0.25, -0.2) is 9.78 Å². The first-order chi connectivity index (χ1) is 8.74. The molecule has 2 rings (SSSR count). The van der Waals surface area contributed by atoms with Gasteiger partial charge in [0.15, 0.2) is 0 Å². The second-order valence-electron chi connectivity index (χ2n) is 4.76. The fraction of sp³-hybridized carbons (Fsp3) is 0.538. The van der Waals surface area contributed by atoms with Crippen LogP contribution >= 0.6 is 0 Å². The average Bonchev–Trinajstić information content (AvgIpc) is 2.39. The van der Waals surface area contributed by atoms with Gasteiger partial charge < -0.3 is 15.7 Å². The van der Waals surface area contributed by atoms with Gasteiger partial charge in [-0.15, -0.1) is 0 Å². The number of hydrogen-bond donors (Lipinski definition) is 3. The molecule has 5 nitrogen and oxygen atoms in total. The van der Waals surface area contributed by atoms with Crippen LogP contribution in [0.1, 0.15) is 25.7 Å². The van der Waals surface area contributed by atoms with Gasteiger partial charge >= 0.3 is 6.09 Å². The van der Waals surface area contributed by atoms with Crippen molar-refractivity contribution in [3.63, 3.8) is 0 Å². The van der Waals surface area contributed by atoms with Crippen LogP contribution in [0.15, 0.2) is 24.4 Å². The maximum absolute atomic E-state index is 10.4. The molecule has 1 aliphatic carbocycles. The lowest BCUT2D eigenvalue weighted by atomic mass is 9.86. The molecule has 1 aromatic rings. The minimum Gasteiger partial charge on any atom is -0.465 e. The van der Waals surface area contributed by atoms with Crippen LogP contribution in [0.5, 0.6) is 0 Å². The molecule has 1 saturated carbocycles. The van der Waals surface area contributed by atoms with Crippen molar-refractivity contribution in [2.45, 2.75) is 31.7 Å². The molecule has 1 heterocycles. The van der Waals surface area contributed by atoms with E-state index in [1.54, 1.807) is 6.20 Å². The van der Waals surface area contributed by atoms with E-state index in [2.05, 4.69) is 15.6 Å². The first-order valence-corrected chi connectivity index (χ1v) is 6.38. The summed E-state index contributed by atoms with van der Waals surface area (Å²) in [7, 11) is 0. The summed E-state index contributed by atoms with van der Waals surface area (Å²) in [5, 5.41) is 14.4. The van der Waals surface area contributed by atoms with Crippen molar-refractivity contribution in [1.82, 2.24) is 10.3 Å². The number of nitrogens with one attached hydrogen (secondary N) is 2. The summed E-state index contributed by atoms with van der Waals surface area (Å²) < 4.78 is 0. The quantitative estimate of drug-likeness (QED) is 0.765. The second-order valence-corrected chi connectivity index (χ2v) is 4.76. The van der Waals surface area contributed by atoms with Crippen molar-refractivity contribution in [2.24, 2.45) is 5.92 Å². The van der Waals surface area contributed by atoms with Gasteiger partial charge in [-0.05, 0) is 43.7 Å². The Bertz CT molecular complexity index is 375. The normalized spacial score (nSPS) is 23.3.